The Morgan fingerprint density at radius 1 is 0.355 bits per heavy atom. The highest BCUT2D eigenvalue weighted by molar-refractivity contribution is 5.71. The van der Waals surface area contributed by atoms with E-state index in [1.54, 1.807) is 0 Å². The summed E-state index contributed by atoms with van der Waals surface area (Å²) < 4.78 is 16.7. The molecular weight excluding hydrogens is 769 g/mol. The third-order valence-electron chi connectivity index (χ3n) is 11.0. The van der Waals surface area contributed by atoms with E-state index < -0.39 is 6.10 Å². The molecule has 0 aliphatic rings. The number of carbonyl (C=O) groups is 3. The molecule has 1 unspecified atom stereocenters. The molecule has 356 valence electrons. The Balaban J connectivity index is 4.39. The van der Waals surface area contributed by atoms with Gasteiger partial charge in [-0.25, -0.2) is 0 Å². The largest absolute Gasteiger partial charge is 0.462 e. The summed E-state index contributed by atoms with van der Waals surface area (Å²) in [5, 5.41) is 0. The van der Waals surface area contributed by atoms with Crippen molar-refractivity contribution in [1.29, 1.82) is 0 Å². The van der Waals surface area contributed by atoms with E-state index in [0.29, 0.717) is 19.3 Å². The van der Waals surface area contributed by atoms with Crippen molar-refractivity contribution in [2.45, 2.75) is 252 Å². The molecule has 0 rings (SSSR count). The van der Waals surface area contributed by atoms with Crippen molar-refractivity contribution < 1.29 is 28.6 Å². The Kier molecular flexibility index (Phi) is 47.9. The number of hydrogen-bond acceptors (Lipinski definition) is 6. The van der Waals surface area contributed by atoms with Gasteiger partial charge in [0.25, 0.3) is 0 Å². The second-order valence-electron chi connectivity index (χ2n) is 17.1. The molecule has 0 aromatic rings. The van der Waals surface area contributed by atoms with Gasteiger partial charge in [-0.1, -0.05) is 216 Å². The maximum atomic E-state index is 12.8. The molecule has 0 N–H and O–H groups in total. The van der Waals surface area contributed by atoms with E-state index in [1.807, 2.05) is 0 Å². The van der Waals surface area contributed by atoms with Crippen LogP contribution in [0, 0.1) is 0 Å². The summed E-state index contributed by atoms with van der Waals surface area (Å²) in [6, 6.07) is 0. The molecule has 0 fully saturated rings. The van der Waals surface area contributed by atoms with Crippen LogP contribution in [0.2, 0.25) is 0 Å². The predicted molar refractivity (Wildman–Crippen MR) is 265 cm³/mol. The topological polar surface area (TPSA) is 78.9 Å². The van der Waals surface area contributed by atoms with Gasteiger partial charge in [0.05, 0.1) is 0 Å². The van der Waals surface area contributed by atoms with Gasteiger partial charge in [-0.05, 0) is 83.5 Å². The minimum Gasteiger partial charge on any atom is -0.462 e. The van der Waals surface area contributed by atoms with Gasteiger partial charge in [0.2, 0.25) is 0 Å². The van der Waals surface area contributed by atoms with E-state index >= 15 is 0 Å². The Bertz CT molecular complexity index is 1180. The van der Waals surface area contributed by atoms with Gasteiger partial charge in [0, 0.05) is 19.3 Å². The number of esters is 3. The molecule has 0 aliphatic heterocycles. The second-order valence-corrected chi connectivity index (χ2v) is 17.1. The van der Waals surface area contributed by atoms with Crippen molar-refractivity contribution in [1.82, 2.24) is 0 Å². The molecule has 0 radical (unpaired) electrons. The maximum Gasteiger partial charge on any atom is 0.306 e. The Morgan fingerprint density at radius 3 is 1.10 bits per heavy atom. The summed E-state index contributed by atoms with van der Waals surface area (Å²) in [6.07, 6.45) is 63.2. The first-order valence-electron chi connectivity index (χ1n) is 26.0. The highest BCUT2D eigenvalue weighted by Crippen LogP contribution is 2.14. The van der Waals surface area contributed by atoms with E-state index in [-0.39, 0.29) is 31.1 Å². The van der Waals surface area contributed by atoms with Gasteiger partial charge in [0.15, 0.2) is 6.10 Å². The van der Waals surface area contributed by atoms with Gasteiger partial charge >= 0.3 is 17.9 Å². The van der Waals surface area contributed by atoms with E-state index in [4.69, 9.17) is 14.2 Å². The third-order valence-corrected chi connectivity index (χ3v) is 11.0. The molecule has 0 spiro atoms. The van der Waals surface area contributed by atoms with Crippen LogP contribution >= 0.6 is 0 Å². The van der Waals surface area contributed by atoms with E-state index in [9.17, 15) is 14.4 Å². The van der Waals surface area contributed by atoms with Crippen molar-refractivity contribution in [2.75, 3.05) is 13.2 Å². The zero-order valence-electron chi connectivity index (χ0n) is 40.6. The number of ether oxygens (including phenoxy) is 3. The van der Waals surface area contributed by atoms with Crippen molar-refractivity contribution in [2.24, 2.45) is 0 Å². The van der Waals surface area contributed by atoms with Crippen LogP contribution in [-0.4, -0.2) is 37.2 Å². The molecule has 0 saturated carbocycles. The third kappa shape index (κ3) is 47.9. The first-order valence-corrected chi connectivity index (χ1v) is 26.0. The minimum atomic E-state index is -0.792. The number of hydrogen-bond donors (Lipinski definition) is 0. The van der Waals surface area contributed by atoms with E-state index in [2.05, 4.69) is 93.7 Å². The minimum absolute atomic E-state index is 0.0898. The van der Waals surface area contributed by atoms with Crippen molar-refractivity contribution >= 4 is 17.9 Å². The molecule has 0 heterocycles. The molecule has 0 aromatic heterocycles. The van der Waals surface area contributed by atoms with Crippen LogP contribution < -0.4 is 0 Å². The SMILES string of the molecule is CC/C=C\C/C=C\C/C=C\C/C=C\CCCCCCCCC(=O)OCC(COC(=O)CCCCCCCCCCC)OC(=O)CCCCC/C=C\C=C/CCCCCCCCC. The average molecular weight is 865 g/mol. The molecule has 6 heteroatoms. The lowest BCUT2D eigenvalue weighted by molar-refractivity contribution is -0.167. The lowest BCUT2D eigenvalue weighted by atomic mass is 10.1. The van der Waals surface area contributed by atoms with Gasteiger partial charge < -0.3 is 14.2 Å². The van der Waals surface area contributed by atoms with Crippen molar-refractivity contribution in [3.8, 4) is 0 Å². The molecule has 0 amide bonds. The number of allylic oxidation sites excluding steroid dienone is 12. The number of rotatable bonds is 46. The maximum absolute atomic E-state index is 12.8. The van der Waals surface area contributed by atoms with Crippen LogP contribution in [-0.2, 0) is 28.6 Å². The standard InChI is InChI=1S/C56H96O6/c1-4-7-10-13-16-19-21-23-25-27-28-29-31-32-34-37-40-43-46-49-55(58)61-52-53(51-60-54(57)48-45-42-39-36-18-15-12-9-6-3)62-56(59)50-47-44-41-38-35-33-30-26-24-22-20-17-14-11-8-5-2/h7,10,16,19,23,25-26,28-30,33,35,53H,4-6,8-9,11-15,17-18,20-22,24,27,31-32,34,36-52H2,1-3H3/b10-7-,19-16-,25-23-,29-28-,30-26-,35-33-. The van der Waals surface area contributed by atoms with Crippen LogP contribution in [0.3, 0.4) is 0 Å². The fourth-order valence-corrected chi connectivity index (χ4v) is 7.07. The van der Waals surface area contributed by atoms with Crippen LogP contribution in [0.25, 0.3) is 0 Å². The molecule has 62 heavy (non-hydrogen) atoms. The quantitative estimate of drug-likeness (QED) is 0.0199. The summed E-state index contributed by atoms with van der Waals surface area (Å²) in [5.74, 6) is -0.932. The van der Waals surface area contributed by atoms with Crippen molar-refractivity contribution in [3.63, 3.8) is 0 Å². The highest BCUT2D eigenvalue weighted by atomic mass is 16.6. The van der Waals surface area contributed by atoms with Gasteiger partial charge in [-0.2, -0.15) is 0 Å². The first kappa shape index (κ1) is 58.9. The lowest BCUT2D eigenvalue weighted by Crippen LogP contribution is -2.30. The smallest absolute Gasteiger partial charge is 0.306 e. The van der Waals surface area contributed by atoms with Gasteiger partial charge in [-0.15, -0.1) is 0 Å². The zero-order valence-corrected chi connectivity index (χ0v) is 40.6. The predicted octanol–water partition coefficient (Wildman–Crippen LogP) is 17.0. The second kappa shape index (κ2) is 50.5. The van der Waals surface area contributed by atoms with Crippen molar-refractivity contribution in [3.05, 3.63) is 72.9 Å². The van der Waals surface area contributed by atoms with Crippen LogP contribution in [0.15, 0.2) is 72.9 Å². The Morgan fingerprint density at radius 2 is 0.677 bits per heavy atom. The lowest BCUT2D eigenvalue weighted by Gasteiger charge is -2.18. The Hall–Kier alpha value is -3.15. The summed E-state index contributed by atoms with van der Waals surface area (Å²) in [4.78, 5) is 37.9. The number of unbranched alkanes of at least 4 members (excludes halogenated alkanes) is 24. The van der Waals surface area contributed by atoms with Crippen LogP contribution in [0.4, 0.5) is 0 Å². The molecule has 0 bridgehead atoms. The molecule has 0 aromatic carbocycles. The fraction of sp³-hybridized carbons (Fsp3) is 0.732. The molecule has 1 atom stereocenters. The Labute approximate surface area is 382 Å². The molecule has 0 saturated heterocycles. The summed E-state index contributed by atoms with van der Waals surface area (Å²) in [6.45, 7) is 6.47. The molecule has 6 nitrogen and oxygen atoms in total. The summed E-state index contributed by atoms with van der Waals surface area (Å²) in [7, 11) is 0. The fourth-order valence-electron chi connectivity index (χ4n) is 7.07. The van der Waals surface area contributed by atoms with E-state index in [0.717, 1.165) is 103 Å². The number of carbonyl (C=O) groups excluding carboxylic acids is 3. The van der Waals surface area contributed by atoms with Crippen LogP contribution in [0.5, 0.6) is 0 Å². The zero-order chi connectivity index (χ0) is 45.1. The van der Waals surface area contributed by atoms with E-state index in [1.165, 1.54) is 103 Å². The van der Waals surface area contributed by atoms with Gasteiger partial charge in [0.1, 0.15) is 13.2 Å². The molecule has 0 aliphatic carbocycles. The normalized spacial score (nSPS) is 12.6. The molecular formula is C56H96O6. The average Bonchev–Trinajstić information content (AvgIpc) is 3.27. The summed E-state index contributed by atoms with van der Waals surface area (Å²) in [5.41, 5.74) is 0. The van der Waals surface area contributed by atoms with Gasteiger partial charge in [-0.3, -0.25) is 14.4 Å². The first-order chi connectivity index (χ1) is 30.5. The van der Waals surface area contributed by atoms with Crippen LogP contribution in [0.1, 0.15) is 245 Å². The summed E-state index contributed by atoms with van der Waals surface area (Å²) >= 11 is 0. The monoisotopic (exact) mass is 865 g/mol. The highest BCUT2D eigenvalue weighted by Gasteiger charge is 2.19.